The highest BCUT2D eigenvalue weighted by Gasteiger charge is 2.13. The number of nitrogens with zero attached hydrogens (tertiary/aromatic N) is 3. The summed E-state index contributed by atoms with van der Waals surface area (Å²) >= 11 is 0. The molecule has 0 saturated carbocycles. The largest absolute Gasteiger partial charge is 0.331 e. The Morgan fingerprint density at radius 1 is 1.23 bits per heavy atom. The maximum Gasteiger partial charge on any atom is 0.256 e. The maximum atomic E-state index is 12.3. The van der Waals surface area contributed by atoms with Crippen LogP contribution in [-0.4, -0.2) is 20.4 Å². The number of benzene rings is 1. The van der Waals surface area contributed by atoms with Crippen molar-refractivity contribution in [3.05, 3.63) is 54.0 Å². The van der Waals surface area contributed by atoms with Crippen LogP contribution in [0.5, 0.6) is 0 Å². The monoisotopic (exact) mass is 294 g/mol. The Morgan fingerprint density at radius 3 is 2.73 bits per heavy atom. The van der Waals surface area contributed by atoms with Crippen LogP contribution in [0.4, 0.5) is 5.82 Å². The minimum atomic E-state index is -0.183. The third-order valence-corrected chi connectivity index (χ3v) is 3.60. The number of nitrogens with one attached hydrogen (secondary N) is 1. The molecular formula is C17H18N4O. The van der Waals surface area contributed by atoms with Crippen LogP contribution in [0.25, 0.3) is 11.0 Å². The van der Waals surface area contributed by atoms with E-state index in [0.717, 1.165) is 16.9 Å². The summed E-state index contributed by atoms with van der Waals surface area (Å²) < 4.78 is 2.07. The van der Waals surface area contributed by atoms with E-state index in [4.69, 9.17) is 0 Å². The Bertz CT molecular complexity index is 821. The van der Waals surface area contributed by atoms with Gasteiger partial charge in [-0.1, -0.05) is 19.9 Å². The molecule has 0 saturated heterocycles. The molecule has 0 spiro atoms. The molecule has 1 aromatic carbocycles. The van der Waals surface area contributed by atoms with E-state index in [9.17, 15) is 4.79 Å². The molecule has 0 aliphatic rings. The van der Waals surface area contributed by atoms with E-state index in [1.54, 1.807) is 12.3 Å². The quantitative estimate of drug-likeness (QED) is 0.806. The van der Waals surface area contributed by atoms with E-state index in [0.29, 0.717) is 17.3 Å². The van der Waals surface area contributed by atoms with Gasteiger partial charge in [0.25, 0.3) is 5.91 Å². The summed E-state index contributed by atoms with van der Waals surface area (Å²) in [7, 11) is 2.00. The molecule has 2 aromatic heterocycles. The van der Waals surface area contributed by atoms with Gasteiger partial charge in [-0.3, -0.25) is 4.79 Å². The highest BCUT2D eigenvalue weighted by Crippen LogP contribution is 2.21. The van der Waals surface area contributed by atoms with Crippen molar-refractivity contribution in [3.63, 3.8) is 0 Å². The molecule has 2 heterocycles. The van der Waals surface area contributed by atoms with E-state index in [1.807, 2.05) is 37.4 Å². The van der Waals surface area contributed by atoms with Gasteiger partial charge in [0.05, 0.1) is 11.0 Å². The number of aromatic nitrogens is 3. The Balaban J connectivity index is 1.93. The number of hydrogen-bond acceptors (Lipinski definition) is 3. The third-order valence-electron chi connectivity index (χ3n) is 3.60. The second kappa shape index (κ2) is 5.60. The normalized spacial score (nSPS) is 11.1. The van der Waals surface area contributed by atoms with Crippen LogP contribution in [0.1, 0.15) is 35.9 Å². The number of fused-ring (bicyclic) bond motifs is 1. The molecule has 0 radical (unpaired) electrons. The van der Waals surface area contributed by atoms with Gasteiger partial charge in [0.1, 0.15) is 11.6 Å². The predicted molar refractivity (Wildman–Crippen MR) is 87.0 cm³/mol. The van der Waals surface area contributed by atoms with Crippen molar-refractivity contribution >= 4 is 22.8 Å². The van der Waals surface area contributed by atoms with Crippen molar-refractivity contribution in [2.45, 2.75) is 19.8 Å². The highest BCUT2D eigenvalue weighted by molar-refractivity contribution is 6.05. The van der Waals surface area contributed by atoms with Crippen molar-refractivity contribution < 1.29 is 4.79 Å². The first-order chi connectivity index (χ1) is 10.6. The Kier molecular flexibility index (Phi) is 3.63. The van der Waals surface area contributed by atoms with E-state index < -0.39 is 0 Å². The Labute approximate surface area is 129 Å². The lowest BCUT2D eigenvalue weighted by Gasteiger charge is -2.05. The minimum Gasteiger partial charge on any atom is -0.331 e. The van der Waals surface area contributed by atoms with Gasteiger partial charge in [0.2, 0.25) is 0 Å². The van der Waals surface area contributed by atoms with Crippen molar-refractivity contribution in [2.24, 2.45) is 7.05 Å². The molecule has 1 N–H and O–H groups in total. The fourth-order valence-electron chi connectivity index (χ4n) is 2.50. The molecule has 3 rings (SSSR count). The molecule has 0 atom stereocenters. The van der Waals surface area contributed by atoms with Gasteiger partial charge < -0.3 is 9.88 Å². The first kappa shape index (κ1) is 14.3. The molecule has 0 aliphatic carbocycles. The first-order valence-corrected chi connectivity index (χ1v) is 7.25. The number of anilines is 1. The second-order valence-electron chi connectivity index (χ2n) is 5.56. The smallest absolute Gasteiger partial charge is 0.256 e. The van der Waals surface area contributed by atoms with Crippen molar-refractivity contribution in [1.29, 1.82) is 0 Å². The molecule has 5 nitrogen and oxygen atoms in total. The molecule has 1 amide bonds. The molecule has 0 fully saturated rings. The van der Waals surface area contributed by atoms with E-state index in [-0.39, 0.29) is 5.91 Å². The summed E-state index contributed by atoms with van der Waals surface area (Å²) in [6, 6.07) is 11.0. The number of hydrogen-bond donors (Lipinski definition) is 1. The standard InChI is InChI=1S/C17H18N4O/c1-11(2)16-19-13-10-12(7-8-14(13)21(16)3)17(22)20-15-6-4-5-9-18-15/h4-11H,1-3H3,(H,18,20,22). The van der Waals surface area contributed by atoms with E-state index >= 15 is 0 Å². The predicted octanol–water partition coefficient (Wildman–Crippen LogP) is 3.34. The molecule has 112 valence electrons. The summed E-state index contributed by atoms with van der Waals surface area (Å²) in [4.78, 5) is 21.0. The average Bonchev–Trinajstić information content (AvgIpc) is 2.85. The van der Waals surface area contributed by atoms with Crippen molar-refractivity contribution in [1.82, 2.24) is 14.5 Å². The van der Waals surface area contributed by atoms with Crippen molar-refractivity contribution in [3.8, 4) is 0 Å². The number of aryl methyl sites for hydroxylation is 1. The van der Waals surface area contributed by atoms with Crippen LogP contribution < -0.4 is 5.32 Å². The van der Waals surface area contributed by atoms with Crippen LogP contribution in [0.3, 0.4) is 0 Å². The van der Waals surface area contributed by atoms with Gasteiger partial charge in [-0.15, -0.1) is 0 Å². The number of imidazole rings is 1. The molecule has 0 unspecified atom stereocenters. The second-order valence-corrected chi connectivity index (χ2v) is 5.56. The van der Waals surface area contributed by atoms with Crippen LogP contribution in [0.2, 0.25) is 0 Å². The van der Waals surface area contributed by atoms with E-state index in [1.165, 1.54) is 0 Å². The fraction of sp³-hybridized carbons (Fsp3) is 0.235. The van der Waals surface area contributed by atoms with Gasteiger partial charge in [-0.2, -0.15) is 0 Å². The van der Waals surface area contributed by atoms with Crippen LogP contribution in [0, 0.1) is 0 Å². The highest BCUT2D eigenvalue weighted by atomic mass is 16.1. The van der Waals surface area contributed by atoms with Crippen LogP contribution in [0.15, 0.2) is 42.6 Å². The molecule has 22 heavy (non-hydrogen) atoms. The van der Waals surface area contributed by atoms with Gasteiger partial charge in [-0.05, 0) is 30.3 Å². The minimum absolute atomic E-state index is 0.183. The number of carbonyl (C=O) groups is 1. The lowest BCUT2D eigenvalue weighted by molar-refractivity contribution is 0.102. The zero-order chi connectivity index (χ0) is 15.7. The number of carbonyl (C=O) groups excluding carboxylic acids is 1. The summed E-state index contributed by atoms with van der Waals surface area (Å²) in [6.07, 6.45) is 1.65. The molecule has 5 heteroatoms. The Hall–Kier alpha value is -2.69. The zero-order valence-corrected chi connectivity index (χ0v) is 12.9. The summed E-state index contributed by atoms with van der Waals surface area (Å²) in [6.45, 7) is 4.21. The van der Waals surface area contributed by atoms with Gasteiger partial charge in [0, 0.05) is 24.7 Å². The number of pyridine rings is 1. The lowest BCUT2D eigenvalue weighted by atomic mass is 10.2. The topological polar surface area (TPSA) is 59.8 Å². The number of rotatable bonds is 3. The lowest BCUT2D eigenvalue weighted by Crippen LogP contribution is -2.12. The van der Waals surface area contributed by atoms with Crippen LogP contribution >= 0.6 is 0 Å². The molecular weight excluding hydrogens is 276 g/mol. The third kappa shape index (κ3) is 2.57. The number of amides is 1. The molecule has 0 aliphatic heterocycles. The first-order valence-electron chi connectivity index (χ1n) is 7.25. The summed E-state index contributed by atoms with van der Waals surface area (Å²) in [5.41, 5.74) is 2.43. The van der Waals surface area contributed by atoms with Crippen LogP contribution in [-0.2, 0) is 7.05 Å². The van der Waals surface area contributed by atoms with Crippen molar-refractivity contribution in [2.75, 3.05) is 5.32 Å². The Morgan fingerprint density at radius 2 is 2.05 bits per heavy atom. The molecule has 3 aromatic rings. The SMILES string of the molecule is CC(C)c1nc2cc(C(=O)Nc3ccccn3)ccc2n1C. The van der Waals surface area contributed by atoms with Gasteiger partial charge in [-0.25, -0.2) is 9.97 Å². The summed E-state index contributed by atoms with van der Waals surface area (Å²) in [5, 5.41) is 2.78. The van der Waals surface area contributed by atoms with E-state index in [2.05, 4.69) is 33.7 Å². The summed E-state index contributed by atoms with van der Waals surface area (Å²) in [5.74, 6) is 1.70. The maximum absolute atomic E-state index is 12.3. The fourth-order valence-corrected chi connectivity index (χ4v) is 2.50. The average molecular weight is 294 g/mol. The van der Waals surface area contributed by atoms with Gasteiger partial charge in [0.15, 0.2) is 0 Å². The zero-order valence-electron chi connectivity index (χ0n) is 12.9. The van der Waals surface area contributed by atoms with Gasteiger partial charge >= 0.3 is 0 Å². The molecule has 0 bridgehead atoms.